The van der Waals surface area contributed by atoms with Gasteiger partial charge in [0.2, 0.25) is 11.8 Å². The number of hydrogen-bond acceptors (Lipinski definition) is 10. The number of aliphatic carboxylic acids is 1. The van der Waals surface area contributed by atoms with Crippen LogP contribution in [0.3, 0.4) is 0 Å². The number of piperidine rings is 2. The zero-order valence-corrected chi connectivity index (χ0v) is 33.5. The second-order valence-electron chi connectivity index (χ2n) is 15.7. The lowest BCUT2D eigenvalue weighted by atomic mass is 9.96. The molecule has 0 atom stereocenters. The first kappa shape index (κ1) is 44.0. The number of amidine groups is 1. The van der Waals surface area contributed by atoms with E-state index in [1.807, 2.05) is 12.1 Å². The molecule has 3 aliphatic heterocycles. The molecule has 18 nitrogen and oxygen atoms in total. The number of likely N-dealkylation sites (tertiary alicyclic amines) is 2. The molecule has 1 aromatic rings. The van der Waals surface area contributed by atoms with E-state index in [1.165, 1.54) is 0 Å². The number of carbonyl (C=O) groups is 6. The number of benzene rings is 1. The van der Waals surface area contributed by atoms with Crippen LogP contribution in [0.5, 0.6) is 0 Å². The second-order valence-corrected chi connectivity index (χ2v) is 15.7. The molecule has 18 heteroatoms. The SMILES string of the molecule is N=C(N)c1ccc(CNC(=O)N2CCN(C(=O)OC3CCCC(OC(=O)N4CCC(C(=O)NCCNC5CCN(C(=O)CCC(=O)O)CC5)CC4)CCC3)CC2)cc1. The molecule has 7 N–H and O–H groups in total. The van der Waals surface area contributed by atoms with Gasteiger partial charge >= 0.3 is 24.2 Å². The first-order valence-corrected chi connectivity index (χ1v) is 20.8. The summed E-state index contributed by atoms with van der Waals surface area (Å²) in [6.07, 6.45) is 5.70. The van der Waals surface area contributed by atoms with Crippen LogP contribution in [0.1, 0.15) is 88.2 Å². The lowest BCUT2D eigenvalue weighted by Gasteiger charge is -2.35. The monoisotopic (exact) mass is 811 g/mol. The fraction of sp³-hybridized carbons (Fsp3) is 0.675. The molecule has 0 spiro atoms. The molecule has 1 aromatic carbocycles. The van der Waals surface area contributed by atoms with Crippen LogP contribution >= 0.6 is 0 Å². The van der Waals surface area contributed by atoms with E-state index in [1.54, 1.807) is 31.7 Å². The predicted octanol–water partition coefficient (Wildman–Crippen LogP) is 2.44. The van der Waals surface area contributed by atoms with E-state index >= 15 is 0 Å². The van der Waals surface area contributed by atoms with Gasteiger partial charge in [-0.05, 0) is 69.8 Å². The smallest absolute Gasteiger partial charge is 0.410 e. The van der Waals surface area contributed by atoms with E-state index in [0.717, 1.165) is 31.2 Å². The van der Waals surface area contributed by atoms with Crippen molar-refractivity contribution in [3.05, 3.63) is 35.4 Å². The molecule has 1 saturated carbocycles. The van der Waals surface area contributed by atoms with Crippen molar-refractivity contribution < 1.29 is 43.3 Å². The maximum atomic E-state index is 13.0. The largest absolute Gasteiger partial charge is 0.481 e. The highest BCUT2D eigenvalue weighted by Gasteiger charge is 2.31. The Bertz CT molecular complexity index is 1560. The predicted molar refractivity (Wildman–Crippen MR) is 213 cm³/mol. The Kier molecular flexibility index (Phi) is 16.8. The van der Waals surface area contributed by atoms with Crippen LogP contribution in [0.25, 0.3) is 0 Å². The molecule has 58 heavy (non-hydrogen) atoms. The minimum Gasteiger partial charge on any atom is -0.481 e. The molecule has 0 radical (unpaired) electrons. The van der Waals surface area contributed by atoms with Gasteiger partial charge < -0.3 is 55.9 Å². The van der Waals surface area contributed by atoms with Crippen molar-refractivity contribution in [3.63, 3.8) is 0 Å². The van der Waals surface area contributed by atoms with E-state index in [0.29, 0.717) is 116 Å². The summed E-state index contributed by atoms with van der Waals surface area (Å²) < 4.78 is 11.8. The summed E-state index contributed by atoms with van der Waals surface area (Å²) in [5.41, 5.74) is 7.02. The maximum absolute atomic E-state index is 13.0. The van der Waals surface area contributed by atoms with E-state index < -0.39 is 5.97 Å². The summed E-state index contributed by atoms with van der Waals surface area (Å²) in [7, 11) is 0. The molecular formula is C40H61N9O9. The van der Waals surface area contributed by atoms with E-state index in [2.05, 4.69) is 16.0 Å². The average molecular weight is 812 g/mol. The highest BCUT2D eigenvalue weighted by Crippen LogP contribution is 2.25. The third kappa shape index (κ3) is 13.8. The van der Waals surface area contributed by atoms with Crippen molar-refractivity contribution in [2.75, 3.05) is 65.4 Å². The molecule has 3 heterocycles. The van der Waals surface area contributed by atoms with Gasteiger partial charge in [-0.15, -0.1) is 0 Å². The van der Waals surface area contributed by atoms with Gasteiger partial charge in [0.1, 0.15) is 18.0 Å². The van der Waals surface area contributed by atoms with Crippen LogP contribution in [0, 0.1) is 11.3 Å². The van der Waals surface area contributed by atoms with Gasteiger partial charge in [-0.1, -0.05) is 24.3 Å². The van der Waals surface area contributed by atoms with Gasteiger partial charge in [0, 0.05) is 95.9 Å². The first-order valence-electron chi connectivity index (χ1n) is 20.8. The summed E-state index contributed by atoms with van der Waals surface area (Å²) in [5, 5.41) is 25.6. The Morgan fingerprint density at radius 1 is 0.672 bits per heavy atom. The molecule has 0 bridgehead atoms. The number of carboxylic acid groups (broad SMARTS) is 1. The molecule has 5 rings (SSSR count). The summed E-state index contributed by atoms with van der Waals surface area (Å²) in [6, 6.07) is 7.17. The standard InChI is InChI=1S/C40H61N9O9/c41-36(42)29-9-7-28(8-10-29)27-45-38(54)47-23-25-49(26-24-47)40(56)58-33-5-1-3-32(4-2-6-33)57-39(55)48-19-13-30(14-20-48)37(53)44-18-17-43-31-15-21-46(22-16-31)34(50)11-12-35(51)52/h7-10,30-33,43H,1-6,11-27H2,(H3,41,42)(H,44,53)(H,45,54)(H,51,52). The molecule has 4 fully saturated rings. The van der Waals surface area contributed by atoms with Crippen LogP contribution in [0.4, 0.5) is 14.4 Å². The number of amides is 6. The van der Waals surface area contributed by atoms with Crippen molar-refractivity contribution >= 4 is 41.8 Å². The van der Waals surface area contributed by atoms with Gasteiger partial charge in [0.05, 0.1) is 6.42 Å². The Hall–Kier alpha value is -5.13. The topological polar surface area (TPSA) is 240 Å². The van der Waals surface area contributed by atoms with E-state index in [4.69, 9.17) is 25.7 Å². The number of hydrogen-bond donors (Lipinski definition) is 6. The fourth-order valence-corrected chi connectivity index (χ4v) is 7.92. The lowest BCUT2D eigenvalue weighted by molar-refractivity contribution is -0.141. The van der Waals surface area contributed by atoms with E-state index in [-0.39, 0.29) is 72.9 Å². The number of piperazine rings is 1. The number of nitrogen functional groups attached to an aromatic ring is 1. The summed E-state index contributed by atoms with van der Waals surface area (Å²) in [5.74, 6) is -1.28. The molecular weight excluding hydrogens is 750 g/mol. The second kappa shape index (κ2) is 22.1. The summed E-state index contributed by atoms with van der Waals surface area (Å²) in [4.78, 5) is 81.2. The minimum atomic E-state index is -0.969. The van der Waals surface area contributed by atoms with Crippen molar-refractivity contribution in [2.24, 2.45) is 11.7 Å². The maximum Gasteiger partial charge on any atom is 0.410 e. The fourth-order valence-electron chi connectivity index (χ4n) is 7.92. The number of nitrogens with one attached hydrogen (secondary N) is 4. The summed E-state index contributed by atoms with van der Waals surface area (Å²) in [6.45, 7) is 5.12. The number of rotatable bonds is 13. The highest BCUT2D eigenvalue weighted by atomic mass is 16.6. The van der Waals surface area contributed by atoms with Crippen LogP contribution in [0.15, 0.2) is 24.3 Å². The zero-order valence-electron chi connectivity index (χ0n) is 33.5. The number of nitrogens with two attached hydrogens (primary N) is 1. The molecule has 320 valence electrons. The van der Waals surface area contributed by atoms with Gasteiger partial charge in [0.25, 0.3) is 0 Å². The highest BCUT2D eigenvalue weighted by molar-refractivity contribution is 5.94. The Morgan fingerprint density at radius 3 is 1.76 bits per heavy atom. The third-order valence-electron chi connectivity index (χ3n) is 11.6. The number of nitrogens with zero attached hydrogens (tertiary/aromatic N) is 4. The third-order valence-corrected chi connectivity index (χ3v) is 11.6. The number of urea groups is 1. The van der Waals surface area contributed by atoms with Crippen LogP contribution in [0.2, 0.25) is 0 Å². The minimum absolute atomic E-state index is 0.00803. The Balaban J connectivity index is 0.892. The van der Waals surface area contributed by atoms with Crippen LogP contribution in [-0.4, -0.2) is 150 Å². The molecule has 4 aliphatic rings. The first-order chi connectivity index (χ1) is 27.9. The average Bonchev–Trinajstić information content (AvgIpc) is 3.22. The van der Waals surface area contributed by atoms with Gasteiger partial charge in [-0.25, -0.2) is 14.4 Å². The molecule has 3 saturated heterocycles. The zero-order chi connectivity index (χ0) is 41.4. The van der Waals surface area contributed by atoms with Crippen molar-refractivity contribution in [1.29, 1.82) is 5.41 Å². The molecule has 0 unspecified atom stereocenters. The van der Waals surface area contributed by atoms with E-state index in [9.17, 15) is 28.8 Å². The number of carboxylic acids is 1. The number of ether oxygens (including phenoxy) is 2. The Morgan fingerprint density at radius 2 is 1.21 bits per heavy atom. The molecule has 1 aliphatic carbocycles. The van der Waals surface area contributed by atoms with Gasteiger partial charge in [-0.3, -0.25) is 19.8 Å². The Labute approximate surface area is 340 Å². The quantitative estimate of drug-likeness (QED) is 0.0961. The lowest BCUT2D eigenvalue weighted by Crippen LogP contribution is -2.53. The van der Waals surface area contributed by atoms with Gasteiger partial charge in [-0.2, -0.15) is 0 Å². The van der Waals surface area contributed by atoms with Crippen molar-refractivity contribution in [1.82, 2.24) is 35.6 Å². The van der Waals surface area contributed by atoms with Crippen LogP contribution in [-0.2, 0) is 30.4 Å². The van der Waals surface area contributed by atoms with Crippen molar-refractivity contribution in [3.8, 4) is 0 Å². The normalized spacial score (nSPS) is 21.0. The van der Waals surface area contributed by atoms with Gasteiger partial charge in [0.15, 0.2) is 0 Å². The molecule has 0 aromatic heterocycles. The number of carbonyl (C=O) groups excluding carboxylic acids is 5. The summed E-state index contributed by atoms with van der Waals surface area (Å²) >= 11 is 0. The van der Waals surface area contributed by atoms with Crippen LogP contribution < -0.4 is 21.7 Å². The molecule has 6 amide bonds. The van der Waals surface area contributed by atoms with Crippen molar-refractivity contribution in [2.45, 2.75) is 102 Å².